The van der Waals surface area contributed by atoms with Crippen molar-refractivity contribution in [2.24, 2.45) is 0 Å². The molecular weight excluding hydrogens is 623 g/mol. The maximum atomic E-state index is 12.7. The van der Waals surface area contributed by atoms with Crippen molar-refractivity contribution in [3.05, 3.63) is 85.1 Å². The fraction of sp³-hybridized carbons (Fsp3) is 0.615. The van der Waals surface area contributed by atoms with Crippen LogP contribution in [0.25, 0.3) is 0 Å². The van der Waals surface area contributed by atoms with Gasteiger partial charge in [-0.1, -0.05) is 105 Å². The van der Waals surface area contributed by atoms with Crippen LogP contribution < -0.4 is 5.32 Å². The first-order chi connectivity index (χ1) is 23.0. The third-order valence-electron chi connectivity index (χ3n) is 7.17. The zero-order chi connectivity index (χ0) is 35.8. The molecule has 3 unspecified atom stereocenters. The molecule has 3 N–H and O–H groups in total. The van der Waals surface area contributed by atoms with Crippen molar-refractivity contribution in [2.45, 2.75) is 116 Å². The molecule has 9 heteroatoms. The Morgan fingerprint density at radius 2 is 1.29 bits per heavy atom. The number of carbonyl (C=O) groups is 1. The number of allylic oxidation sites excluding steroid dienone is 13. The Kier molecular flexibility index (Phi) is 29.2. The number of hydrogen-bond acceptors (Lipinski definition) is 5. The van der Waals surface area contributed by atoms with Gasteiger partial charge in [-0.3, -0.25) is 13.8 Å². The van der Waals surface area contributed by atoms with E-state index in [2.05, 4.69) is 79.1 Å². The van der Waals surface area contributed by atoms with E-state index in [9.17, 15) is 19.4 Å². The molecule has 274 valence electrons. The van der Waals surface area contributed by atoms with Gasteiger partial charge >= 0.3 is 7.82 Å². The number of phosphoric ester groups is 1. The first kappa shape index (κ1) is 45.7. The van der Waals surface area contributed by atoms with Gasteiger partial charge in [0.1, 0.15) is 13.2 Å². The molecule has 0 aliphatic carbocycles. The van der Waals surface area contributed by atoms with E-state index >= 15 is 0 Å². The standard InChI is InChI=1S/C39H67N2O6P/c1-6-8-10-12-14-16-17-18-19-20-21-22-23-25-27-29-31-33-39(43)40-37(36-47-48(44,45)46-35-34-41(3,4)5)38(42)32-30-28-26-24-15-13-11-9-7-2/h7-10,14-16,18-19,21-22,24,30,32,37-38,42H,6,11-13,17,20,23,25-29,31,33-36H2,1-5H3,(H-,40,43,44,45)/p+1/b9-7+,10-8-,16-14-,19-18-,22-21-,24-15+,32-30+. The first-order valence-corrected chi connectivity index (χ1v) is 19.4. The van der Waals surface area contributed by atoms with Crippen LogP contribution in [0.2, 0.25) is 0 Å². The number of likely N-dealkylation sites (N-methyl/N-ethyl adjacent to an activating group) is 1. The Morgan fingerprint density at radius 1 is 0.750 bits per heavy atom. The summed E-state index contributed by atoms with van der Waals surface area (Å²) in [5.41, 5.74) is 0. The highest BCUT2D eigenvalue weighted by Gasteiger charge is 2.27. The molecule has 0 rings (SSSR count). The molecule has 0 radical (unpaired) electrons. The summed E-state index contributed by atoms with van der Waals surface area (Å²) in [5, 5.41) is 13.6. The Morgan fingerprint density at radius 3 is 1.90 bits per heavy atom. The van der Waals surface area contributed by atoms with E-state index < -0.39 is 20.0 Å². The third kappa shape index (κ3) is 32.2. The Balaban J connectivity index is 4.60. The van der Waals surface area contributed by atoms with Crippen LogP contribution in [-0.4, -0.2) is 73.4 Å². The lowest BCUT2D eigenvalue weighted by Crippen LogP contribution is -2.45. The number of aliphatic hydroxyl groups is 1. The molecule has 0 fully saturated rings. The molecule has 0 aromatic carbocycles. The number of hydrogen-bond donors (Lipinski definition) is 3. The summed E-state index contributed by atoms with van der Waals surface area (Å²) in [6, 6.07) is -0.884. The van der Waals surface area contributed by atoms with Gasteiger partial charge in [0.25, 0.3) is 0 Å². The Labute approximate surface area is 293 Å². The Hall–Kier alpha value is -2.32. The number of rotatable bonds is 30. The van der Waals surface area contributed by atoms with Crippen molar-refractivity contribution < 1.29 is 32.9 Å². The third-order valence-corrected chi connectivity index (χ3v) is 8.16. The second kappa shape index (κ2) is 30.7. The molecule has 0 aromatic rings. The van der Waals surface area contributed by atoms with Gasteiger partial charge in [0.15, 0.2) is 0 Å². The largest absolute Gasteiger partial charge is 0.472 e. The van der Waals surface area contributed by atoms with Crippen molar-refractivity contribution in [2.75, 3.05) is 40.9 Å². The summed E-state index contributed by atoms with van der Waals surface area (Å²) in [5.74, 6) is -0.224. The van der Waals surface area contributed by atoms with Crippen LogP contribution >= 0.6 is 7.82 Å². The molecule has 8 nitrogen and oxygen atoms in total. The van der Waals surface area contributed by atoms with Crippen molar-refractivity contribution in [3.8, 4) is 0 Å². The number of quaternary nitrogens is 1. The Bertz CT molecular complexity index is 1060. The van der Waals surface area contributed by atoms with Gasteiger partial charge in [0, 0.05) is 6.42 Å². The van der Waals surface area contributed by atoms with Crippen LogP contribution in [0.4, 0.5) is 0 Å². The van der Waals surface area contributed by atoms with Crippen molar-refractivity contribution in [1.29, 1.82) is 0 Å². The van der Waals surface area contributed by atoms with Gasteiger partial charge in [-0.15, -0.1) is 0 Å². The molecule has 0 saturated heterocycles. The highest BCUT2D eigenvalue weighted by atomic mass is 31.2. The molecule has 0 spiro atoms. The van der Waals surface area contributed by atoms with E-state index in [1.165, 1.54) is 0 Å². The van der Waals surface area contributed by atoms with Crippen LogP contribution in [-0.2, 0) is 18.4 Å². The average Bonchev–Trinajstić information content (AvgIpc) is 3.02. The van der Waals surface area contributed by atoms with E-state index in [1.807, 2.05) is 40.2 Å². The minimum atomic E-state index is -4.35. The molecule has 0 aromatic heterocycles. The van der Waals surface area contributed by atoms with Crippen molar-refractivity contribution in [3.63, 3.8) is 0 Å². The lowest BCUT2D eigenvalue weighted by molar-refractivity contribution is -0.870. The maximum absolute atomic E-state index is 12.7. The number of carbonyl (C=O) groups excluding carboxylic acids is 1. The monoisotopic (exact) mass is 691 g/mol. The van der Waals surface area contributed by atoms with Crippen LogP contribution in [0.15, 0.2) is 85.1 Å². The minimum Gasteiger partial charge on any atom is -0.387 e. The molecular formula is C39H68N2O6P+. The smallest absolute Gasteiger partial charge is 0.387 e. The summed E-state index contributed by atoms with van der Waals surface area (Å²) in [6.45, 7) is 4.36. The molecule has 1 amide bonds. The van der Waals surface area contributed by atoms with Crippen molar-refractivity contribution >= 4 is 13.7 Å². The number of nitrogens with one attached hydrogen (secondary N) is 1. The maximum Gasteiger partial charge on any atom is 0.472 e. The van der Waals surface area contributed by atoms with E-state index in [-0.39, 0.29) is 19.1 Å². The molecule has 0 aliphatic rings. The summed E-state index contributed by atoms with van der Waals surface area (Å²) < 4.78 is 23.3. The summed E-state index contributed by atoms with van der Waals surface area (Å²) in [6.07, 6.45) is 41.0. The molecule has 0 aliphatic heterocycles. The number of phosphoric acid groups is 1. The first-order valence-electron chi connectivity index (χ1n) is 17.9. The zero-order valence-corrected chi connectivity index (χ0v) is 31.6. The zero-order valence-electron chi connectivity index (χ0n) is 30.7. The summed E-state index contributed by atoms with van der Waals surface area (Å²) >= 11 is 0. The molecule has 48 heavy (non-hydrogen) atoms. The normalized spacial score (nSPS) is 15.7. The van der Waals surface area contributed by atoms with Crippen LogP contribution in [0, 0.1) is 0 Å². The summed E-state index contributed by atoms with van der Waals surface area (Å²) in [7, 11) is 1.50. The summed E-state index contributed by atoms with van der Waals surface area (Å²) in [4.78, 5) is 22.9. The quantitative estimate of drug-likeness (QED) is 0.0301. The number of nitrogens with zero attached hydrogens (tertiary/aromatic N) is 1. The van der Waals surface area contributed by atoms with Crippen LogP contribution in [0.3, 0.4) is 0 Å². The fourth-order valence-electron chi connectivity index (χ4n) is 4.30. The lowest BCUT2D eigenvalue weighted by Gasteiger charge is -2.25. The second-order valence-electron chi connectivity index (χ2n) is 12.9. The lowest BCUT2D eigenvalue weighted by atomic mass is 10.1. The van der Waals surface area contributed by atoms with Crippen LogP contribution in [0.1, 0.15) is 104 Å². The van der Waals surface area contributed by atoms with Gasteiger partial charge in [-0.25, -0.2) is 4.57 Å². The van der Waals surface area contributed by atoms with E-state index in [4.69, 9.17) is 9.05 Å². The predicted octanol–water partition coefficient (Wildman–Crippen LogP) is 9.07. The van der Waals surface area contributed by atoms with Gasteiger partial charge in [-0.05, 0) is 77.6 Å². The minimum absolute atomic E-state index is 0.0429. The molecule has 0 bridgehead atoms. The van der Waals surface area contributed by atoms with Gasteiger partial charge in [0.2, 0.25) is 5.91 Å². The molecule has 3 atom stereocenters. The topological polar surface area (TPSA) is 105 Å². The van der Waals surface area contributed by atoms with E-state index in [1.54, 1.807) is 6.08 Å². The van der Waals surface area contributed by atoms with Gasteiger partial charge < -0.3 is 19.8 Å². The second-order valence-corrected chi connectivity index (χ2v) is 14.3. The highest BCUT2D eigenvalue weighted by Crippen LogP contribution is 2.43. The number of aliphatic hydroxyl groups excluding tert-OH is 1. The SMILES string of the molecule is C/C=C/CC/C=C/CC/C=C/C(O)C(COP(=O)(O)OCC[N+](C)(C)C)NC(=O)CCCCCC/C=C\C/C=C\C/C=C\C/C=C\CC. The van der Waals surface area contributed by atoms with Gasteiger partial charge in [-0.2, -0.15) is 0 Å². The van der Waals surface area contributed by atoms with E-state index in [0.29, 0.717) is 17.4 Å². The average molecular weight is 692 g/mol. The fourth-order valence-corrected chi connectivity index (χ4v) is 5.04. The number of unbranched alkanes of at least 4 members (excludes halogenated alkanes) is 6. The van der Waals surface area contributed by atoms with E-state index in [0.717, 1.165) is 83.5 Å². The highest BCUT2D eigenvalue weighted by molar-refractivity contribution is 7.47. The number of amides is 1. The van der Waals surface area contributed by atoms with Crippen molar-refractivity contribution in [1.82, 2.24) is 5.32 Å². The molecule has 0 heterocycles. The van der Waals surface area contributed by atoms with Gasteiger partial charge in [0.05, 0.1) is 39.9 Å². The predicted molar refractivity (Wildman–Crippen MR) is 203 cm³/mol. The molecule has 0 saturated carbocycles. The van der Waals surface area contributed by atoms with Crippen LogP contribution in [0.5, 0.6) is 0 Å².